The summed E-state index contributed by atoms with van der Waals surface area (Å²) in [7, 11) is -3.65. The Balaban J connectivity index is 0.000000132. The van der Waals surface area contributed by atoms with E-state index in [0.29, 0.717) is 30.3 Å². The summed E-state index contributed by atoms with van der Waals surface area (Å²) in [6.45, 7) is 15.3. The van der Waals surface area contributed by atoms with Crippen LogP contribution in [0.1, 0.15) is 137 Å². The zero-order valence-corrected chi connectivity index (χ0v) is 47.5. The average molecular weight is 1090 g/mol. The summed E-state index contributed by atoms with van der Waals surface area (Å²) >= 11 is 1.54. The lowest BCUT2D eigenvalue weighted by atomic mass is 9.62. The number of thioether (sulfide) groups is 1. The van der Waals surface area contributed by atoms with E-state index in [1.165, 1.54) is 72.4 Å². The first kappa shape index (κ1) is 55.0. The SMILES string of the molecule is C=CCn1c(NCC)nc2c(c1=O)C1(CCCCC1)Cc1ccccc1-2.C=CCn1c(S(C)(=O)=O)nc2c(c1=O)C1(CCCCC1)Cc1ccccc1-2.C=CCn1c(SC)nc2c(c1=O)C1(CCCCC1)Cc1ccccc1-2. The van der Waals surface area contributed by atoms with Gasteiger partial charge in [0.15, 0.2) is 5.16 Å². The number of aromatic nitrogens is 6. The molecule has 0 amide bonds. The Morgan fingerprint density at radius 2 is 0.897 bits per heavy atom. The van der Waals surface area contributed by atoms with E-state index in [4.69, 9.17) is 9.97 Å². The number of sulfone groups is 1. The molecular formula is C64H75N7O5S2. The topological polar surface area (TPSA) is 151 Å². The molecule has 0 bridgehead atoms. The minimum Gasteiger partial charge on any atom is -0.356 e. The van der Waals surface area contributed by atoms with Crippen LogP contribution in [0.2, 0.25) is 0 Å². The number of nitrogens with zero attached hydrogens (tertiary/aromatic N) is 6. The molecule has 3 heterocycles. The summed E-state index contributed by atoms with van der Waals surface area (Å²) in [5.41, 5.74) is 11.7. The molecule has 12 nitrogen and oxygen atoms in total. The van der Waals surface area contributed by atoms with E-state index in [1.807, 2.05) is 37.4 Å². The highest BCUT2D eigenvalue weighted by molar-refractivity contribution is 7.98. The van der Waals surface area contributed by atoms with Gasteiger partial charge in [0.2, 0.25) is 20.9 Å². The fourth-order valence-corrected chi connectivity index (χ4v) is 15.7. The van der Waals surface area contributed by atoms with Crippen molar-refractivity contribution >= 4 is 27.5 Å². The second-order valence-electron chi connectivity index (χ2n) is 22.5. The lowest BCUT2D eigenvalue weighted by Crippen LogP contribution is -2.43. The molecule has 12 rings (SSSR count). The Kier molecular flexibility index (Phi) is 16.0. The minimum atomic E-state index is -3.65. The van der Waals surface area contributed by atoms with Crippen LogP contribution in [0.5, 0.6) is 0 Å². The maximum absolute atomic E-state index is 13.6. The Bertz CT molecular complexity index is 3590. The lowest BCUT2D eigenvalue weighted by molar-refractivity contribution is 0.282. The first-order chi connectivity index (χ1) is 37.8. The van der Waals surface area contributed by atoms with Crippen molar-refractivity contribution in [1.29, 1.82) is 0 Å². The summed E-state index contributed by atoms with van der Waals surface area (Å²) < 4.78 is 29.6. The van der Waals surface area contributed by atoms with Gasteiger partial charge in [0, 0.05) is 65.4 Å². The molecule has 0 unspecified atom stereocenters. The fourth-order valence-electron chi connectivity index (χ4n) is 14.3. The normalized spacial score (nSPS) is 17.7. The van der Waals surface area contributed by atoms with Crippen LogP contribution in [0.25, 0.3) is 33.8 Å². The zero-order valence-electron chi connectivity index (χ0n) is 45.9. The molecule has 3 spiro atoms. The van der Waals surface area contributed by atoms with Crippen LogP contribution in [-0.2, 0) is 65.0 Å². The van der Waals surface area contributed by atoms with Crippen molar-refractivity contribution in [2.24, 2.45) is 0 Å². The summed E-state index contributed by atoms with van der Waals surface area (Å²) in [5, 5.41) is 3.89. The standard InChI is InChI=1S/C22H27N3O.C21H24N2O3S.C21H24N2OS/c1-3-14-25-20(26)18-19(24-21(25)23-4-2)17-11-7-6-10-16(17)15-22(18)12-8-5-9-13-22;1-3-13-23-19(24)17-18(22-20(23)27(2,25)26)16-10-6-5-9-15(16)14-21(17)11-7-4-8-12-21;1-3-13-23-19(24)17-18(22-20(23)25-2)16-10-6-5-9-15(16)14-21(17)11-7-4-8-12-21/h3,6-7,10-11H,1,4-5,8-9,12-15H2,2H3,(H,23,24);3,5-6,9-10H,1,4,7-8,11-14H2,2H3;3,5-6,9-10H,1,4,7-8,11-14H2,2H3. The average Bonchev–Trinajstić information content (AvgIpc) is 3.40. The lowest BCUT2D eigenvalue weighted by Gasteiger charge is -2.42. The van der Waals surface area contributed by atoms with Crippen LogP contribution in [0, 0.1) is 0 Å². The Hall–Kier alpha value is -6.38. The van der Waals surface area contributed by atoms with E-state index >= 15 is 0 Å². The van der Waals surface area contributed by atoms with Crippen molar-refractivity contribution in [1.82, 2.24) is 28.7 Å². The predicted molar refractivity (Wildman–Crippen MR) is 317 cm³/mol. The molecular weight excluding hydrogens is 1010 g/mol. The number of allylic oxidation sites excluding steroid dienone is 3. The molecule has 3 aromatic carbocycles. The largest absolute Gasteiger partial charge is 0.356 e. The van der Waals surface area contributed by atoms with Gasteiger partial charge in [-0.1, -0.05) is 161 Å². The third kappa shape index (κ3) is 9.94. The van der Waals surface area contributed by atoms with Gasteiger partial charge in [0.25, 0.3) is 16.7 Å². The van der Waals surface area contributed by atoms with E-state index in [1.54, 1.807) is 27.4 Å². The van der Waals surface area contributed by atoms with Crippen molar-refractivity contribution in [2.75, 3.05) is 24.4 Å². The van der Waals surface area contributed by atoms with Crippen LogP contribution in [0.3, 0.4) is 0 Å². The summed E-state index contributed by atoms with van der Waals surface area (Å²) in [6, 6.07) is 24.9. The van der Waals surface area contributed by atoms with Gasteiger partial charge in [-0.3, -0.25) is 28.1 Å². The summed E-state index contributed by atoms with van der Waals surface area (Å²) in [6.07, 6.45) is 27.9. The number of rotatable bonds is 10. The zero-order chi connectivity index (χ0) is 54.8. The summed E-state index contributed by atoms with van der Waals surface area (Å²) in [5.74, 6) is 0.652. The molecule has 408 valence electrons. The molecule has 6 aromatic rings. The first-order valence-corrected chi connectivity index (χ1v) is 31.4. The van der Waals surface area contributed by atoms with Crippen LogP contribution in [0.4, 0.5) is 5.95 Å². The molecule has 78 heavy (non-hydrogen) atoms. The van der Waals surface area contributed by atoms with Crippen molar-refractivity contribution in [2.45, 2.75) is 169 Å². The quantitative estimate of drug-likeness (QED) is 0.0797. The molecule has 0 radical (unpaired) electrons. The smallest absolute Gasteiger partial charge is 0.259 e. The van der Waals surface area contributed by atoms with E-state index in [-0.39, 0.29) is 44.6 Å². The fraction of sp³-hybridized carbons (Fsp3) is 0.438. The van der Waals surface area contributed by atoms with Crippen LogP contribution in [0.15, 0.2) is 135 Å². The Morgan fingerprint density at radius 1 is 0.538 bits per heavy atom. The molecule has 3 aromatic heterocycles. The molecule has 6 aliphatic carbocycles. The van der Waals surface area contributed by atoms with Gasteiger partial charge in [-0.2, -0.15) is 0 Å². The molecule has 0 aliphatic heterocycles. The van der Waals surface area contributed by atoms with E-state index in [9.17, 15) is 22.8 Å². The minimum absolute atomic E-state index is 0.0358. The maximum atomic E-state index is 13.6. The Labute approximate surface area is 464 Å². The maximum Gasteiger partial charge on any atom is 0.259 e. The highest BCUT2D eigenvalue weighted by Crippen LogP contribution is 2.52. The number of hydrogen-bond donors (Lipinski definition) is 1. The molecule has 14 heteroatoms. The highest BCUT2D eigenvalue weighted by atomic mass is 32.2. The van der Waals surface area contributed by atoms with E-state index in [0.717, 1.165) is 133 Å². The predicted octanol–water partition coefficient (Wildman–Crippen LogP) is 12.1. The van der Waals surface area contributed by atoms with Crippen molar-refractivity contribution in [3.63, 3.8) is 0 Å². The Morgan fingerprint density at radius 3 is 1.29 bits per heavy atom. The van der Waals surface area contributed by atoms with Gasteiger partial charge in [-0.15, -0.1) is 19.7 Å². The van der Waals surface area contributed by atoms with Gasteiger partial charge in [-0.05, 0) is 87.7 Å². The van der Waals surface area contributed by atoms with Crippen molar-refractivity contribution < 1.29 is 8.42 Å². The number of anilines is 1. The number of hydrogen-bond acceptors (Lipinski definition) is 10. The second-order valence-corrected chi connectivity index (χ2v) is 25.2. The third-order valence-electron chi connectivity index (χ3n) is 17.6. The van der Waals surface area contributed by atoms with Gasteiger partial charge >= 0.3 is 0 Å². The molecule has 3 saturated carbocycles. The van der Waals surface area contributed by atoms with Gasteiger partial charge in [0.1, 0.15) is 0 Å². The second kappa shape index (κ2) is 22.8. The van der Waals surface area contributed by atoms with Crippen LogP contribution >= 0.6 is 11.8 Å². The number of fused-ring (bicyclic) bond motifs is 12. The highest BCUT2D eigenvalue weighted by Gasteiger charge is 2.46. The first-order valence-electron chi connectivity index (χ1n) is 28.3. The van der Waals surface area contributed by atoms with E-state index in [2.05, 4.69) is 78.6 Å². The molecule has 1 N–H and O–H groups in total. The monoisotopic (exact) mass is 1090 g/mol. The molecule has 0 saturated heterocycles. The van der Waals surface area contributed by atoms with Crippen molar-refractivity contribution in [3.8, 4) is 33.8 Å². The van der Waals surface area contributed by atoms with E-state index < -0.39 is 9.84 Å². The van der Waals surface area contributed by atoms with Crippen molar-refractivity contribution in [3.05, 3.63) is 175 Å². The number of nitrogens with one attached hydrogen (secondary N) is 1. The molecule has 6 aliphatic rings. The molecule has 3 fully saturated rings. The van der Waals surface area contributed by atoms with Gasteiger partial charge in [-0.25, -0.2) is 23.4 Å². The van der Waals surface area contributed by atoms with Crippen LogP contribution < -0.4 is 22.0 Å². The van der Waals surface area contributed by atoms with Crippen LogP contribution in [-0.4, -0.2) is 56.1 Å². The number of benzene rings is 3. The van der Waals surface area contributed by atoms with Gasteiger partial charge < -0.3 is 5.32 Å². The molecule has 0 atom stereocenters. The third-order valence-corrected chi connectivity index (χ3v) is 19.3. The van der Waals surface area contributed by atoms with Gasteiger partial charge in [0.05, 0.1) is 33.8 Å². The summed E-state index contributed by atoms with van der Waals surface area (Å²) in [4.78, 5) is 55.3.